The van der Waals surface area contributed by atoms with Crippen molar-refractivity contribution < 1.29 is 13.9 Å². The van der Waals surface area contributed by atoms with Gasteiger partial charge < -0.3 is 9.15 Å². The highest BCUT2D eigenvalue weighted by Crippen LogP contribution is 2.26. The molecule has 0 fully saturated rings. The van der Waals surface area contributed by atoms with E-state index in [0.29, 0.717) is 23.2 Å². The molecule has 2 aromatic heterocycles. The summed E-state index contributed by atoms with van der Waals surface area (Å²) in [6.45, 7) is 4.34. The number of thiophene rings is 1. The van der Waals surface area contributed by atoms with Crippen LogP contribution in [0.2, 0.25) is 5.02 Å². The number of hydrogen-bond acceptors (Lipinski definition) is 4. The molecule has 5 heteroatoms. The van der Waals surface area contributed by atoms with E-state index in [1.165, 1.54) is 4.88 Å². The number of carbonyl (C=O) groups excluding carboxylic acids is 1. The Kier molecular flexibility index (Phi) is 6.54. The zero-order valence-corrected chi connectivity index (χ0v) is 16.9. The van der Waals surface area contributed by atoms with Gasteiger partial charge >= 0.3 is 0 Å². The Labute approximate surface area is 168 Å². The molecule has 0 amide bonds. The first-order valence-corrected chi connectivity index (χ1v) is 10.0. The lowest BCUT2D eigenvalue weighted by atomic mass is 10.2. The Hall–Kier alpha value is -2.30. The van der Waals surface area contributed by atoms with E-state index in [1.54, 1.807) is 23.5 Å². The van der Waals surface area contributed by atoms with Crippen LogP contribution in [0.5, 0.6) is 5.75 Å². The Bertz CT molecular complexity index is 952. The molecule has 0 aliphatic heterocycles. The van der Waals surface area contributed by atoms with Crippen molar-refractivity contribution in [2.75, 3.05) is 0 Å². The fraction of sp³-hybridized carbons (Fsp3) is 0.227. The lowest BCUT2D eigenvalue weighted by Gasteiger charge is -2.08. The van der Waals surface area contributed by atoms with Crippen LogP contribution in [0.4, 0.5) is 0 Å². The van der Waals surface area contributed by atoms with Crippen LogP contribution in [0.15, 0.2) is 53.0 Å². The molecule has 27 heavy (non-hydrogen) atoms. The van der Waals surface area contributed by atoms with Crippen LogP contribution in [0.25, 0.3) is 6.08 Å². The van der Waals surface area contributed by atoms with Crippen LogP contribution in [0, 0.1) is 6.92 Å². The standard InChI is InChI=1S/C22H21ClO3S/c1-3-5-18-11-13-22(27-18)20(24)12-10-16-8-9-17(26-16)14-25-21-7-4-6-19(23)15(21)2/h4,6-13H,3,5,14H2,1-2H3/b12-10+. The van der Waals surface area contributed by atoms with Crippen LogP contribution >= 0.6 is 22.9 Å². The number of allylic oxidation sites excluding steroid dienone is 1. The van der Waals surface area contributed by atoms with E-state index in [-0.39, 0.29) is 5.78 Å². The topological polar surface area (TPSA) is 39.4 Å². The maximum atomic E-state index is 12.3. The van der Waals surface area contributed by atoms with Gasteiger partial charge in [-0.2, -0.15) is 0 Å². The third-order valence-corrected chi connectivity index (χ3v) is 5.64. The molecule has 3 nitrogen and oxygen atoms in total. The Morgan fingerprint density at radius 2 is 2.07 bits per heavy atom. The van der Waals surface area contributed by atoms with E-state index in [2.05, 4.69) is 6.92 Å². The number of aryl methyl sites for hydroxylation is 1. The molecular weight excluding hydrogens is 380 g/mol. The monoisotopic (exact) mass is 400 g/mol. The van der Waals surface area contributed by atoms with Crippen molar-refractivity contribution in [1.29, 1.82) is 0 Å². The Morgan fingerprint density at radius 3 is 2.89 bits per heavy atom. The summed E-state index contributed by atoms with van der Waals surface area (Å²) in [5.41, 5.74) is 0.898. The zero-order valence-electron chi connectivity index (χ0n) is 15.3. The van der Waals surface area contributed by atoms with E-state index in [1.807, 2.05) is 49.4 Å². The molecule has 0 N–H and O–H groups in total. The predicted molar refractivity (Wildman–Crippen MR) is 111 cm³/mol. The molecule has 0 aliphatic carbocycles. The number of furan rings is 1. The molecule has 0 saturated heterocycles. The molecule has 1 aromatic carbocycles. The van der Waals surface area contributed by atoms with Crippen molar-refractivity contribution in [2.24, 2.45) is 0 Å². The number of benzene rings is 1. The minimum Gasteiger partial charge on any atom is -0.485 e. The normalized spacial score (nSPS) is 11.2. The molecule has 0 radical (unpaired) electrons. The van der Waals surface area contributed by atoms with Crippen LogP contribution in [0.3, 0.4) is 0 Å². The summed E-state index contributed by atoms with van der Waals surface area (Å²) in [5, 5.41) is 0.671. The molecule has 0 unspecified atom stereocenters. The van der Waals surface area contributed by atoms with Crippen molar-refractivity contribution >= 4 is 34.8 Å². The first kappa shape index (κ1) is 19.5. The first-order valence-electron chi connectivity index (χ1n) is 8.84. The van der Waals surface area contributed by atoms with Gasteiger partial charge in [-0.1, -0.05) is 31.0 Å². The molecule has 0 saturated carbocycles. The molecule has 3 rings (SSSR count). The van der Waals surface area contributed by atoms with Gasteiger partial charge in [0.2, 0.25) is 0 Å². The summed E-state index contributed by atoms with van der Waals surface area (Å²) in [6.07, 6.45) is 5.33. The third kappa shape index (κ3) is 5.12. The number of ketones is 1. The second kappa shape index (κ2) is 9.07. The summed E-state index contributed by atoms with van der Waals surface area (Å²) in [4.78, 5) is 14.3. The smallest absolute Gasteiger partial charge is 0.195 e. The van der Waals surface area contributed by atoms with Gasteiger partial charge in [-0.3, -0.25) is 4.79 Å². The van der Waals surface area contributed by atoms with Gasteiger partial charge in [0, 0.05) is 15.5 Å². The van der Waals surface area contributed by atoms with Crippen molar-refractivity contribution in [2.45, 2.75) is 33.3 Å². The lowest BCUT2D eigenvalue weighted by molar-refractivity contribution is 0.105. The Balaban J connectivity index is 1.59. The largest absolute Gasteiger partial charge is 0.485 e. The maximum absolute atomic E-state index is 12.3. The van der Waals surface area contributed by atoms with Gasteiger partial charge in [0.25, 0.3) is 0 Å². The molecule has 0 atom stereocenters. The zero-order chi connectivity index (χ0) is 19.2. The highest BCUT2D eigenvalue weighted by Gasteiger charge is 2.08. The third-order valence-electron chi connectivity index (χ3n) is 4.07. The van der Waals surface area contributed by atoms with Crippen molar-refractivity contribution in [3.8, 4) is 5.75 Å². The van der Waals surface area contributed by atoms with Crippen molar-refractivity contribution in [3.05, 3.63) is 80.4 Å². The van der Waals surface area contributed by atoms with Gasteiger partial charge in [0.1, 0.15) is 23.9 Å². The van der Waals surface area contributed by atoms with E-state index in [4.69, 9.17) is 20.8 Å². The second-order valence-corrected chi connectivity index (χ2v) is 7.74. The van der Waals surface area contributed by atoms with E-state index in [0.717, 1.165) is 29.0 Å². The van der Waals surface area contributed by atoms with Gasteiger partial charge in [0.15, 0.2) is 5.78 Å². The summed E-state index contributed by atoms with van der Waals surface area (Å²) in [5.74, 6) is 2.02. The molecule has 140 valence electrons. The average Bonchev–Trinajstić information content (AvgIpc) is 3.31. The molecule has 0 bridgehead atoms. The van der Waals surface area contributed by atoms with Crippen LogP contribution in [0.1, 0.15) is 45.0 Å². The van der Waals surface area contributed by atoms with E-state index in [9.17, 15) is 4.79 Å². The summed E-state index contributed by atoms with van der Waals surface area (Å²) < 4.78 is 11.5. The average molecular weight is 401 g/mol. The Morgan fingerprint density at radius 1 is 1.22 bits per heavy atom. The number of hydrogen-bond donors (Lipinski definition) is 0. The van der Waals surface area contributed by atoms with Gasteiger partial charge in [-0.25, -0.2) is 0 Å². The fourth-order valence-corrected chi connectivity index (χ4v) is 3.78. The molecule has 2 heterocycles. The summed E-state index contributed by atoms with van der Waals surface area (Å²) in [7, 11) is 0. The van der Waals surface area contributed by atoms with Gasteiger partial charge in [-0.15, -0.1) is 11.3 Å². The van der Waals surface area contributed by atoms with Crippen LogP contribution in [-0.4, -0.2) is 5.78 Å². The number of ether oxygens (including phenoxy) is 1. The number of halogens is 1. The van der Waals surface area contributed by atoms with Crippen LogP contribution < -0.4 is 4.74 Å². The van der Waals surface area contributed by atoms with Gasteiger partial charge in [-0.05, 0) is 61.9 Å². The predicted octanol–water partition coefficient (Wildman–Crippen LogP) is 6.73. The SMILES string of the molecule is CCCc1ccc(C(=O)/C=C/c2ccc(COc3cccc(Cl)c3C)o2)s1. The lowest BCUT2D eigenvalue weighted by Crippen LogP contribution is -1.95. The second-order valence-electron chi connectivity index (χ2n) is 6.17. The molecular formula is C22H21ClO3S. The molecule has 3 aromatic rings. The van der Waals surface area contributed by atoms with Crippen LogP contribution in [-0.2, 0) is 13.0 Å². The highest BCUT2D eigenvalue weighted by atomic mass is 35.5. The summed E-state index contributed by atoms with van der Waals surface area (Å²) >= 11 is 7.65. The van der Waals surface area contributed by atoms with Gasteiger partial charge in [0.05, 0.1) is 4.88 Å². The quantitative estimate of drug-likeness (QED) is 0.311. The minimum absolute atomic E-state index is 0.00824. The van der Waals surface area contributed by atoms with Crippen molar-refractivity contribution in [1.82, 2.24) is 0 Å². The first-order chi connectivity index (χ1) is 13.1. The highest BCUT2D eigenvalue weighted by molar-refractivity contribution is 7.14. The maximum Gasteiger partial charge on any atom is 0.195 e. The number of carbonyl (C=O) groups is 1. The molecule has 0 aliphatic rings. The fourth-order valence-electron chi connectivity index (χ4n) is 2.59. The molecule has 0 spiro atoms. The van der Waals surface area contributed by atoms with E-state index >= 15 is 0 Å². The minimum atomic E-state index is -0.00824. The van der Waals surface area contributed by atoms with E-state index < -0.39 is 0 Å². The number of rotatable bonds is 8. The van der Waals surface area contributed by atoms with Crippen molar-refractivity contribution in [3.63, 3.8) is 0 Å². The summed E-state index contributed by atoms with van der Waals surface area (Å²) in [6, 6.07) is 13.1.